The summed E-state index contributed by atoms with van der Waals surface area (Å²) < 4.78 is 17.5. The lowest BCUT2D eigenvalue weighted by Gasteiger charge is -2.53. The van der Waals surface area contributed by atoms with Crippen LogP contribution in [0, 0.1) is 17.8 Å². The van der Waals surface area contributed by atoms with E-state index in [2.05, 4.69) is 18.8 Å². The number of hydrogen-bond acceptors (Lipinski definition) is 7. The van der Waals surface area contributed by atoms with Crippen molar-refractivity contribution in [1.82, 2.24) is 4.98 Å². The molecule has 2 aromatic heterocycles. The molecule has 0 radical (unpaired) electrons. The molecule has 7 nitrogen and oxygen atoms in total. The van der Waals surface area contributed by atoms with Gasteiger partial charge in [-0.3, -0.25) is 9.78 Å². The highest BCUT2D eigenvalue weighted by Crippen LogP contribution is 2.53. The van der Waals surface area contributed by atoms with Crippen LogP contribution in [0.15, 0.2) is 39.8 Å². The lowest BCUT2D eigenvalue weighted by molar-refractivity contribution is -0.194. The molecule has 3 heterocycles. The second-order valence-corrected chi connectivity index (χ2v) is 8.83. The molecule has 30 heavy (non-hydrogen) atoms. The van der Waals surface area contributed by atoms with E-state index in [1.54, 1.807) is 30.6 Å². The van der Waals surface area contributed by atoms with Gasteiger partial charge in [-0.25, -0.2) is 4.79 Å². The van der Waals surface area contributed by atoms with Gasteiger partial charge in [0.15, 0.2) is 0 Å². The van der Waals surface area contributed by atoms with Crippen LogP contribution in [0.25, 0.3) is 11.3 Å². The number of hydrogen-bond donors (Lipinski definition) is 1. The Morgan fingerprint density at radius 1 is 1.37 bits per heavy atom. The first kappa shape index (κ1) is 20.6. The Morgan fingerprint density at radius 2 is 2.13 bits per heavy atom. The van der Waals surface area contributed by atoms with Crippen LogP contribution in [0.3, 0.4) is 0 Å². The minimum Gasteiger partial charge on any atom is -0.482 e. The van der Waals surface area contributed by atoms with Gasteiger partial charge in [0.2, 0.25) is 0 Å². The number of carbonyl (C=O) groups excluding carboxylic acids is 1. The van der Waals surface area contributed by atoms with Gasteiger partial charge in [-0.15, -0.1) is 0 Å². The first-order valence-corrected chi connectivity index (χ1v) is 10.3. The molecule has 7 heteroatoms. The molecule has 0 aromatic carbocycles. The summed E-state index contributed by atoms with van der Waals surface area (Å²) in [5.41, 5.74) is -0.834. The minimum atomic E-state index is -1.07. The highest BCUT2D eigenvalue weighted by atomic mass is 16.6. The first-order chi connectivity index (χ1) is 14.2. The highest BCUT2D eigenvalue weighted by Gasteiger charge is 2.57. The Morgan fingerprint density at radius 3 is 2.77 bits per heavy atom. The number of aliphatic hydroxyl groups excluding tert-OH is 1. The van der Waals surface area contributed by atoms with Crippen LogP contribution in [0.4, 0.5) is 0 Å². The van der Waals surface area contributed by atoms with Crippen molar-refractivity contribution in [3.8, 4) is 17.1 Å². The van der Waals surface area contributed by atoms with Crippen molar-refractivity contribution in [3.63, 3.8) is 0 Å². The molecule has 2 aliphatic rings. The van der Waals surface area contributed by atoms with Crippen LogP contribution >= 0.6 is 0 Å². The maximum atomic E-state index is 12.8. The zero-order valence-corrected chi connectivity index (χ0v) is 17.6. The van der Waals surface area contributed by atoms with Crippen LogP contribution in [0.5, 0.6) is 5.75 Å². The molecule has 1 aliphatic carbocycles. The smallest absolute Gasteiger partial charge is 0.345 e. The number of fused-ring (bicyclic) bond motifs is 2. The van der Waals surface area contributed by atoms with E-state index in [1.165, 1.54) is 6.92 Å². The molecule has 4 rings (SSSR count). The minimum absolute atomic E-state index is 0.121. The molecule has 1 aliphatic heterocycles. The third-order valence-electron chi connectivity index (χ3n) is 6.60. The fraction of sp³-hybridized carbons (Fsp3) is 0.522. The summed E-state index contributed by atoms with van der Waals surface area (Å²) in [5, 5.41) is 11.2. The quantitative estimate of drug-likeness (QED) is 0.769. The van der Waals surface area contributed by atoms with E-state index in [0.717, 1.165) is 0 Å². The summed E-state index contributed by atoms with van der Waals surface area (Å²) >= 11 is 0. The summed E-state index contributed by atoms with van der Waals surface area (Å²) in [6, 6.07) is 5.13. The van der Waals surface area contributed by atoms with E-state index in [4.69, 9.17) is 13.9 Å². The lowest BCUT2D eigenvalue weighted by atomic mass is 9.63. The number of rotatable bonds is 3. The van der Waals surface area contributed by atoms with Crippen LogP contribution < -0.4 is 10.4 Å². The van der Waals surface area contributed by atoms with E-state index >= 15 is 0 Å². The number of ether oxygens (including phenoxy) is 2. The molecule has 2 aromatic rings. The Bertz CT molecular complexity index is 1000. The third kappa shape index (κ3) is 3.41. The summed E-state index contributed by atoms with van der Waals surface area (Å²) in [6.45, 7) is 7.44. The highest BCUT2D eigenvalue weighted by molar-refractivity contribution is 5.66. The zero-order chi connectivity index (χ0) is 21.6. The van der Waals surface area contributed by atoms with E-state index in [9.17, 15) is 14.7 Å². The molecule has 0 amide bonds. The van der Waals surface area contributed by atoms with Gasteiger partial charge in [0.1, 0.15) is 28.8 Å². The molecule has 0 spiro atoms. The van der Waals surface area contributed by atoms with Gasteiger partial charge in [0, 0.05) is 36.9 Å². The lowest BCUT2D eigenvalue weighted by Crippen LogP contribution is -2.61. The van der Waals surface area contributed by atoms with Crippen molar-refractivity contribution in [3.05, 3.63) is 46.6 Å². The molecule has 0 saturated heterocycles. The van der Waals surface area contributed by atoms with E-state index in [-0.39, 0.29) is 17.2 Å². The molecule has 5 unspecified atom stereocenters. The van der Waals surface area contributed by atoms with E-state index in [1.807, 2.05) is 6.92 Å². The molecule has 1 N–H and O–H groups in total. The predicted molar refractivity (Wildman–Crippen MR) is 109 cm³/mol. The Balaban J connectivity index is 1.81. The molecule has 5 atom stereocenters. The Hall–Kier alpha value is -2.67. The number of pyridine rings is 1. The Labute approximate surface area is 175 Å². The summed E-state index contributed by atoms with van der Waals surface area (Å²) in [7, 11) is 0. The van der Waals surface area contributed by atoms with Crippen LogP contribution in [-0.2, 0) is 9.53 Å². The van der Waals surface area contributed by atoms with Gasteiger partial charge in [-0.1, -0.05) is 13.8 Å². The van der Waals surface area contributed by atoms with Gasteiger partial charge >= 0.3 is 11.6 Å². The SMILES string of the molecule is CC(=O)OC1CC(C(C)C)CC2C(O)c3c(cc(-c4cccnc4)oc3=O)OC12C. The fourth-order valence-electron chi connectivity index (χ4n) is 4.82. The number of aromatic nitrogens is 1. The number of aliphatic hydroxyl groups is 1. The standard InChI is InChI=1S/C23H27NO6/c1-12(2)15-8-16-21(26)20-18(30-23(16,4)19(9-15)28-13(3)25)10-17(29-22(20)27)14-6-5-7-24-11-14/h5-7,10-12,15-16,19,21,26H,8-9H2,1-4H3. The summed E-state index contributed by atoms with van der Waals surface area (Å²) in [4.78, 5) is 28.7. The average molecular weight is 413 g/mol. The second kappa shape index (κ2) is 7.54. The van der Waals surface area contributed by atoms with Crippen LogP contribution in [0.1, 0.15) is 52.2 Å². The predicted octanol–water partition coefficient (Wildman–Crippen LogP) is 3.50. The number of nitrogens with zero attached hydrogens (tertiary/aromatic N) is 1. The third-order valence-corrected chi connectivity index (χ3v) is 6.60. The van der Waals surface area contributed by atoms with Crippen molar-refractivity contribution in [2.45, 2.75) is 58.3 Å². The summed E-state index contributed by atoms with van der Waals surface area (Å²) in [5.74, 6) is 0.344. The Kier molecular flexibility index (Phi) is 5.18. The monoisotopic (exact) mass is 413 g/mol. The maximum absolute atomic E-state index is 12.8. The molecular weight excluding hydrogens is 386 g/mol. The maximum Gasteiger partial charge on any atom is 0.345 e. The van der Waals surface area contributed by atoms with Crippen molar-refractivity contribution in [1.29, 1.82) is 0 Å². The zero-order valence-electron chi connectivity index (χ0n) is 17.6. The van der Waals surface area contributed by atoms with Crippen molar-refractivity contribution in [2.75, 3.05) is 0 Å². The van der Waals surface area contributed by atoms with Crippen LogP contribution in [-0.4, -0.2) is 27.8 Å². The van der Waals surface area contributed by atoms with Crippen LogP contribution in [0.2, 0.25) is 0 Å². The van der Waals surface area contributed by atoms with Gasteiger partial charge in [0.25, 0.3) is 0 Å². The molecule has 1 fully saturated rings. The average Bonchev–Trinajstić information content (AvgIpc) is 2.68. The molecule has 160 valence electrons. The van der Waals surface area contributed by atoms with E-state index < -0.39 is 35.3 Å². The number of esters is 1. The molecular formula is C23H27NO6. The van der Waals surface area contributed by atoms with Gasteiger partial charge < -0.3 is 19.0 Å². The first-order valence-electron chi connectivity index (χ1n) is 10.3. The van der Waals surface area contributed by atoms with E-state index in [0.29, 0.717) is 30.1 Å². The van der Waals surface area contributed by atoms with Crippen molar-refractivity contribution in [2.24, 2.45) is 17.8 Å². The normalized spacial score (nSPS) is 30.2. The van der Waals surface area contributed by atoms with Crippen molar-refractivity contribution >= 4 is 5.97 Å². The van der Waals surface area contributed by atoms with Gasteiger partial charge in [-0.05, 0) is 43.7 Å². The molecule has 0 bridgehead atoms. The topological polar surface area (TPSA) is 98.9 Å². The van der Waals surface area contributed by atoms with Gasteiger partial charge in [-0.2, -0.15) is 0 Å². The largest absolute Gasteiger partial charge is 0.482 e. The van der Waals surface area contributed by atoms with Crippen molar-refractivity contribution < 1.29 is 23.8 Å². The van der Waals surface area contributed by atoms with Gasteiger partial charge in [0.05, 0.1) is 6.10 Å². The summed E-state index contributed by atoms with van der Waals surface area (Å²) in [6.07, 6.45) is 2.92. The fourth-order valence-corrected chi connectivity index (χ4v) is 4.82. The second-order valence-electron chi connectivity index (χ2n) is 8.83. The number of carbonyl (C=O) groups is 1. The molecule has 1 saturated carbocycles.